The second-order valence-corrected chi connectivity index (χ2v) is 15.5. The summed E-state index contributed by atoms with van der Waals surface area (Å²) in [6, 6.07) is 54.8. The van der Waals surface area contributed by atoms with Crippen LogP contribution in [-0.4, -0.2) is 0 Å². The molecular formula is C45H31N3OS2. The zero-order valence-electron chi connectivity index (χ0n) is 27.4. The van der Waals surface area contributed by atoms with Crippen molar-refractivity contribution in [3.63, 3.8) is 0 Å². The number of hydrogen-bond donors (Lipinski definition) is 3. The van der Waals surface area contributed by atoms with Gasteiger partial charge in [0.1, 0.15) is 11.2 Å². The Balaban J connectivity index is 0.980. The van der Waals surface area contributed by atoms with Gasteiger partial charge in [0, 0.05) is 51.1 Å². The average Bonchev–Trinajstić information content (AvgIpc) is 3.88. The molecular weight excluding hydrogens is 663 g/mol. The molecule has 51 heavy (non-hydrogen) atoms. The monoisotopic (exact) mass is 693 g/mol. The Morgan fingerprint density at radius 2 is 1.02 bits per heavy atom. The minimum atomic E-state index is -0.101. The Morgan fingerprint density at radius 1 is 0.392 bits per heavy atom. The molecule has 6 heteroatoms. The SMILES string of the molecule is c1ccc(C2NC(c3ccc4oc5cc(-c6cccc7c6sc6ccccc67)ccc5c4c3)NC(c3ccc4sc5ccccc5c4c3)N2)cc1. The molecule has 0 radical (unpaired) electrons. The summed E-state index contributed by atoms with van der Waals surface area (Å²) in [6.45, 7) is 0. The van der Waals surface area contributed by atoms with Gasteiger partial charge in [-0.1, -0.05) is 103 Å². The minimum Gasteiger partial charge on any atom is -0.456 e. The molecule has 0 spiro atoms. The van der Waals surface area contributed by atoms with Crippen molar-refractivity contribution in [2.45, 2.75) is 18.5 Å². The van der Waals surface area contributed by atoms with E-state index in [0.29, 0.717) is 0 Å². The highest BCUT2D eigenvalue weighted by Gasteiger charge is 2.30. The molecule has 1 fully saturated rings. The first kappa shape index (κ1) is 29.4. The molecule has 4 nitrogen and oxygen atoms in total. The smallest absolute Gasteiger partial charge is 0.136 e. The largest absolute Gasteiger partial charge is 0.456 e. The van der Waals surface area contributed by atoms with E-state index in [9.17, 15) is 0 Å². The molecule has 0 bridgehead atoms. The Morgan fingerprint density at radius 3 is 1.82 bits per heavy atom. The Hall–Kier alpha value is -5.34. The molecule has 1 aliphatic rings. The number of hydrogen-bond acceptors (Lipinski definition) is 6. The van der Waals surface area contributed by atoms with E-state index >= 15 is 0 Å². The zero-order chi connectivity index (χ0) is 33.5. The third-order valence-electron chi connectivity index (χ3n) is 10.4. The van der Waals surface area contributed by atoms with Gasteiger partial charge < -0.3 is 4.42 Å². The van der Waals surface area contributed by atoms with Crippen molar-refractivity contribution in [1.29, 1.82) is 0 Å². The Labute approximate surface area is 302 Å². The van der Waals surface area contributed by atoms with Crippen molar-refractivity contribution in [2.75, 3.05) is 0 Å². The molecule has 1 aliphatic heterocycles. The van der Waals surface area contributed by atoms with Crippen molar-refractivity contribution < 1.29 is 4.42 Å². The van der Waals surface area contributed by atoms with Crippen LogP contribution in [0.3, 0.4) is 0 Å². The first-order valence-electron chi connectivity index (χ1n) is 17.3. The highest BCUT2D eigenvalue weighted by molar-refractivity contribution is 7.26. The van der Waals surface area contributed by atoms with Crippen LogP contribution in [0.5, 0.6) is 0 Å². The van der Waals surface area contributed by atoms with E-state index in [1.807, 2.05) is 22.7 Å². The van der Waals surface area contributed by atoms with Crippen LogP contribution in [0.25, 0.3) is 73.4 Å². The number of nitrogens with one attached hydrogen (secondary N) is 3. The summed E-state index contributed by atoms with van der Waals surface area (Å²) < 4.78 is 11.8. The lowest BCUT2D eigenvalue weighted by atomic mass is 10.00. The highest BCUT2D eigenvalue weighted by atomic mass is 32.1. The lowest BCUT2D eigenvalue weighted by Crippen LogP contribution is -2.54. The molecule has 0 aliphatic carbocycles. The van der Waals surface area contributed by atoms with Crippen LogP contribution >= 0.6 is 22.7 Å². The summed E-state index contributed by atoms with van der Waals surface area (Å²) in [6.07, 6.45) is -0.218. The van der Waals surface area contributed by atoms with Gasteiger partial charge in [-0.3, -0.25) is 16.0 Å². The van der Waals surface area contributed by atoms with Gasteiger partial charge in [0.2, 0.25) is 0 Å². The van der Waals surface area contributed by atoms with Crippen molar-refractivity contribution in [1.82, 2.24) is 16.0 Å². The standard InChI is InChI=1S/C45H31N3OS2/c1-2-9-26(10-3-1)43-46-44(48-45(47-43)29-19-22-41-36(24-29)33-12-5-6-15-39(33)50-41)28-18-21-37-35(23-28)31-20-17-27(25-38(31)49-37)30-13-8-14-34-32-11-4-7-16-40(32)51-42(30)34/h1-25,43-48H. The summed E-state index contributed by atoms with van der Waals surface area (Å²) in [5, 5.41) is 19.1. The number of rotatable bonds is 4. The maximum atomic E-state index is 6.53. The fourth-order valence-electron chi connectivity index (χ4n) is 7.91. The van der Waals surface area contributed by atoms with E-state index < -0.39 is 0 Å². The summed E-state index contributed by atoms with van der Waals surface area (Å²) in [4.78, 5) is 0. The van der Waals surface area contributed by atoms with E-state index in [4.69, 9.17) is 4.42 Å². The summed E-state index contributed by atoms with van der Waals surface area (Å²) in [5.41, 5.74) is 7.79. The van der Waals surface area contributed by atoms with Gasteiger partial charge >= 0.3 is 0 Å². The molecule has 7 aromatic carbocycles. The molecule has 3 N–H and O–H groups in total. The summed E-state index contributed by atoms with van der Waals surface area (Å²) in [7, 11) is 0. The molecule has 244 valence electrons. The van der Waals surface area contributed by atoms with Gasteiger partial charge in [-0.25, -0.2) is 0 Å². The molecule has 10 aromatic rings. The number of furan rings is 1. The van der Waals surface area contributed by atoms with Gasteiger partial charge in [0.25, 0.3) is 0 Å². The molecule has 3 aromatic heterocycles. The van der Waals surface area contributed by atoms with E-state index in [-0.39, 0.29) is 18.5 Å². The van der Waals surface area contributed by atoms with Crippen LogP contribution < -0.4 is 16.0 Å². The number of thiophene rings is 2. The minimum absolute atomic E-state index is 0.0478. The van der Waals surface area contributed by atoms with E-state index in [2.05, 4.69) is 168 Å². The summed E-state index contributed by atoms with van der Waals surface area (Å²) >= 11 is 3.71. The first-order chi connectivity index (χ1) is 25.2. The molecule has 4 heterocycles. The van der Waals surface area contributed by atoms with Crippen molar-refractivity contribution in [3.8, 4) is 11.1 Å². The van der Waals surface area contributed by atoms with E-state index in [1.165, 1.54) is 68.2 Å². The fraction of sp³-hybridized carbons (Fsp3) is 0.0667. The van der Waals surface area contributed by atoms with Crippen LogP contribution in [-0.2, 0) is 0 Å². The predicted octanol–water partition coefficient (Wildman–Crippen LogP) is 12.2. The number of benzene rings is 7. The maximum Gasteiger partial charge on any atom is 0.136 e. The third-order valence-corrected chi connectivity index (χ3v) is 12.8. The van der Waals surface area contributed by atoms with Crippen molar-refractivity contribution >= 4 is 85.0 Å². The third kappa shape index (κ3) is 4.83. The Kier molecular flexibility index (Phi) is 6.69. The molecule has 11 rings (SSSR count). The second kappa shape index (κ2) is 11.6. The van der Waals surface area contributed by atoms with Gasteiger partial charge in [-0.2, -0.15) is 0 Å². The topological polar surface area (TPSA) is 49.2 Å². The molecule has 0 amide bonds. The van der Waals surface area contributed by atoms with Crippen LogP contribution in [0.4, 0.5) is 0 Å². The van der Waals surface area contributed by atoms with E-state index in [0.717, 1.165) is 21.9 Å². The first-order valence-corrected chi connectivity index (χ1v) is 19.0. The van der Waals surface area contributed by atoms with E-state index in [1.54, 1.807) is 0 Å². The molecule has 3 unspecified atom stereocenters. The van der Waals surface area contributed by atoms with Crippen LogP contribution in [0, 0.1) is 0 Å². The molecule has 1 saturated heterocycles. The normalized spacial score (nSPS) is 18.2. The van der Waals surface area contributed by atoms with Gasteiger partial charge in [-0.05, 0) is 76.3 Å². The van der Waals surface area contributed by atoms with Crippen molar-refractivity contribution in [2.24, 2.45) is 0 Å². The maximum absolute atomic E-state index is 6.53. The zero-order valence-corrected chi connectivity index (χ0v) is 29.0. The van der Waals surface area contributed by atoms with Gasteiger partial charge in [0.15, 0.2) is 0 Å². The molecule has 3 atom stereocenters. The van der Waals surface area contributed by atoms with Gasteiger partial charge in [-0.15, -0.1) is 22.7 Å². The second-order valence-electron chi connectivity index (χ2n) is 13.4. The lowest BCUT2D eigenvalue weighted by Gasteiger charge is -2.39. The van der Waals surface area contributed by atoms with Gasteiger partial charge in [0.05, 0.1) is 18.5 Å². The molecule has 0 saturated carbocycles. The average molecular weight is 694 g/mol. The highest BCUT2D eigenvalue weighted by Crippen LogP contribution is 2.42. The fourth-order valence-corrected chi connectivity index (χ4v) is 10.2. The number of fused-ring (bicyclic) bond motifs is 9. The lowest BCUT2D eigenvalue weighted by molar-refractivity contribution is 0.203. The predicted molar refractivity (Wildman–Crippen MR) is 215 cm³/mol. The quantitative estimate of drug-likeness (QED) is 0.172. The summed E-state index contributed by atoms with van der Waals surface area (Å²) in [5.74, 6) is 0. The van der Waals surface area contributed by atoms with Crippen molar-refractivity contribution in [3.05, 3.63) is 168 Å². The van der Waals surface area contributed by atoms with Crippen LogP contribution in [0.15, 0.2) is 156 Å². The Bertz CT molecular complexity index is 2940. The van der Waals surface area contributed by atoms with Crippen LogP contribution in [0.1, 0.15) is 35.2 Å². The van der Waals surface area contributed by atoms with Crippen LogP contribution in [0.2, 0.25) is 0 Å².